The summed E-state index contributed by atoms with van der Waals surface area (Å²) in [5, 5.41) is 1.12. The van der Waals surface area contributed by atoms with Crippen molar-refractivity contribution in [3.05, 3.63) is 34.6 Å². The SMILES string of the molecule is CC1CN(C(CN)c2cc(Cl)ccc2F)CCS1. The average Bonchev–Trinajstić information content (AvgIpc) is 2.35. The maximum atomic E-state index is 13.9. The van der Waals surface area contributed by atoms with E-state index in [2.05, 4.69) is 11.8 Å². The van der Waals surface area contributed by atoms with Gasteiger partial charge in [-0.3, -0.25) is 4.90 Å². The summed E-state index contributed by atoms with van der Waals surface area (Å²) in [4.78, 5) is 2.26. The fraction of sp³-hybridized carbons (Fsp3) is 0.538. The molecule has 2 unspecified atom stereocenters. The van der Waals surface area contributed by atoms with Crippen LogP contribution in [0.4, 0.5) is 4.39 Å². The Morgan fingerprint density at radius 3 is 3.06 bits per heavy atom. The van der Waals surface area contributed by atoms with Crippen molar-refractivity contribution >= 4 is 23.4 Å². The van der Waals surface area contributed by atoms with Gasteiger partial charge >= 0.3 is 0 Å². The molecule has 0 aliphatic carbocycles. The summed E-state index contributed by atoms with van der Waals surface area (Å²) in [6, 6.07) is 4.61. The average molecular weight is 289 g/mol. The number of benzene rings is 1. The lowest BCUT2D eigenvalue weighted by Gasteiger charge is -2.36. The van der Waals surface area contributed by atoms with Crippen molar-refractivity contribution in [1.29, 1.82) is 0 Å². The van der Waals surface area contributed by atoms with E-state index in [-0.39, 0.29) is 11.9 Å². The number of nitrogens with two attached hydrogens (primary N) is 1. The molecule has 0 bridgehead atoms. The number of nitrogens with zero attached hydrogens (tertiary/aromatic N) is 1. The van der Waals surface area contributed by atoms with E-state index in [4.69, 9.17) is 17.3 Å². The van der Waals surface area contributed by atoms with E-state index in [1.165, 1.54) is 6.07 Å². The molecule has 0 aromatic heterocycles. The Kier molecular flexibility index (Phi) is 4.90. The molecule has 1 fully saturated rings. The number of halogens is 2. The highest BCUT2D eigenvalue weighted by atomic mass is 35.5. The summed E-state index contributed by atoms with van der Waals surface area (Å²) >= 11 is 7.91. The minimum Gasteiger partial charge on any atom is -0.329 e. The molecule has 2 atom stereocenters. The Labute approximate surface area is 117 Å². The van der Waals surface area contributed by atoms with Crippen molar-refractivity contribution in [1.82, 2.24) is 4.90 Å². The van der Waals surface area contributed by atoms with Gasteiger partial charge in [-0.1, -0.05) is 18.5 Å². The van der Waals surface area contributed by atoms with E-state index < -0.39 is 0 Å². The molecule has 1 aromatic rings. The third kappa shape index (κ3) is 3.18. The second-order valence-electron chi connectivity index (χ2n) is 4.59. The first kappa shape index (κ1) is 14.1. The minimum atomic E-state index is -0.222. The van der Waals surface area contributed by atoms with Crippen LogP contribution in [0.2, 0.25) is 5.02 Å². The summed E-state index contributed by atoms with van der Waals surface area (Å²) in [7, 11) is 0. The van der Waals surface area contributed by atoms with Gasteiger partial charge in [0, 0.05) is 41.2 Å². The molecule has 18 heavy (non-hydrogen) atoms. The van der Waals surface area contributed by atoms with Crippen molar-refractivity contribution in [3.8, 4) is 0 Å². The van der Waals surface area contributed by atoms with Gasteiger partial charge in [0.2, 0.25) is 0 Å². The van der Waals surface area contributed by atoms with Crippen molar-refractivity contribution in [2.24, 2.45) is 5.73 Å². The van der Waals surface area contributed by atoms with Gasteiger partial charge in [-0.15, -0.1) is 0 Å². The largest absolute Gasteiger partial charge is 0.329 e. The quantitative estimate of drug-likeness (QED) is 0.927. The van der Waals surface area contributed by atoms with Gasteiger partial charge in [0.15, 0.2) is 0 Å². The van der Waals surface area contributed by atoms with Crippen LogP contribution in [0, 0.1) is 5.82 Å². The number of thioether (sulfide) groups is 1. The van der Waals surface area contributed by atoms with Crippen molar-refractivity contribution < 1.29 is 4.39 Å². The molecule has 1 saturated heterocycles. The maximum absolute atomic E-state index is 13.9. The van der Waals surface area contributed by atoms with Gasteiger partial charge in [0.1, 0.15) is 5.82 Å². The molecule has 0 amide bonds. The van der Waals surface area contributed by atoms with Crippen LogP contribution in [-0.2, 0) is 0 Å². The zero-order chi connectivity index (χ0) is 13.1. The van der Waals surface area contributed by atoms with Crippen LogP contribution >= 0.6 is 23.4 Å². The Bertz CT molecular complexity index is 416. The molecular formula is C13H18ClFN2S. The van der Waals surface area contributed by atoms with Crippen LogP contribution in [0.3, 0.4) is 0 Å². The molecule has 1 aromatic carbocycles. The zero-order valence-electron chi connectivity index (χ0n) is 10.4. The molecule has 0 radical (unpaired) electrons. The first-order valence-electron chi connectivity index (χ1n) is 6.12. The summed E-state index contributed by atoms with van der Waals surface area (Å²) in [6.45, 7) is 4.49. The van der Waals surface area contributed by atoms with Crippen LogP contribution in [0.25, 0.3) is 0 Å². The van der Waals surface area contributed by atoms with Crippen LogP contribution in [0.5, 0.6) is 0 Å². The Balaban J connectivity index is 2.24. The Hall–Kier alpha value is -0.290. The predicted octanol–water partition coefficient (Wildman–Crippen LogP) is 2.92. The molecule has 2 rings (SSSR count). The summed E-state index contributed by atoms with van der Waals surface area (Å²) in [5.41, 5.74) is 6.46. The van der Waals surface area contributed by atoms with E-state index in [1.54, 1.807) is 12.1 Å². The van der Waals surface area contributed by atoms with E-state index >= 15 is 0 Å². The smallest absolute Gasteiger partial charge is 0.128 e. The summed E-state index contributed by atoms with van der Waals surface area (Å²) in [6.07, 6.45) is 0. The molecule has 1 aliphatic rings. The lowest BCUT2D eigenvalue weighted by atomic mass is 10.0. The topological polar surface area (TPSA) is 29.3 Å². The van der Waals surface area contributed by atoms with E-state index in [0.29, 0.717) is 22.4 Å². The van der Waals surface area contributed by atoms with Gasteiger partial charge in [0.05, 0.1) is 6.04 Å². The molecule has 0 saturated carbocycles. The van der Waals surface area contributed by atoms with Gasteiger partial charge in [0.25, 0.3) is 0 Å². The van der Waals surface area contributed by atoms with Gasteiger partial charge in [-0.25, -0.2) is 4.39 Å². The van der Waals surface area contributed by atoms with Gasteiger partial charge < -0.3 is 5.73 Å². The van der Waals surface area contributed by atoms with Crippen LogP contribution in [0.1, 0.15) is 18.5 Å². The van der Waals surface area contributed by atoms with Crippen molar-refractivity contribution in [2.45, 2.75) is 18.2 Å². The minimum absolute atomic E-state index is 0.0768. The molecule has 2 nitrogen and oxygen atoms in total. The lowest BCUT2D eigenvalue weighted by molar-refractivity contribution is 0.207. The highest BCUT2D eigenvalue weighted by molar-refractivity contribution is 7.99. The van der Waals surface area contributed by atoms with Crippen LogP contribution < -0.4 is 5.73 Å². The predicted molar refractivity (Wildman–Crippen MR) is 76.7 cm³/mol. The molecule has 100 valence electrons. The molecule has 1 aliphatic heterocycles. The molecule has 5 heteroatoms. The lowest BCUT2D eigenvalue weighted by Crippen LogP contribution is -2.42. The van der Waals surface area contributed by atoms with Gasteiger partial charge in [-0.2, -0.15) is 11.8 Å². The zero-order valence-corrected chi connectivity index (χ0v) is 12.0. The number of rotatable bonds is 3. The standard InChI is InChI=1S/C13H18ClFN2S/c1-9-8-17(4-5-18-9)13(7-16)11-6-10(14)2-3-12(11)15/h2-3,6,9,13H,4-5,7-8,16H2,1H3. The van der Waals surface area contributed by atoms with Crippen molar-refractivity contribution in [2.75, 3.05) is 25.4 Å². The van der Waals surface area contributed by atoms with Crippen molar-refractivity contribution in [3.63, 3.8) is 0 Å². The summed E-state index contributed by atoms with van der Waals surface area (Å²) < 4.78 is 13.9. The first-order chi connectivity index (χ1) is 8.61. The number of hydrogen-bond donors (Lipinski definition) is 1. The second-order valence-corrected chi connectivity index (χ2v) is 6.58. The highest BCUT2D eigenvalue weighted by Gasteiger charge is 2.26. The molecule has 1 heterocycles. The fourth-order valence-electron chi connectivity index (χ4n) is 2.37. The van der Waals surface area contributed by atoms with Crippen LogP contribution in [0.15, 0.2) is 18.2 Å². The molecular weight excluding hydrogens is 271 g/mol. The highest BCUT2D eigenvalue weighted by Crippen LogP contribution is 2.29. The van der Waals surface area contributed by atoms with Crippen LogP contribution in [-0.4, -0.2) is 35.5 Å². The Morgan fingerprint density at radius 2 is 2.39 bits per heavy atom. The molecule has 0 spiro atoms. The normalized spacial score (nSPS) is 23.0. The maximum Gasteiger partial charge on any atom is 0.128 e. The van der Waals surface area contributed by atoms with E-state index in [0.717, 1.165) is 18.8 Å². The third-order valence-electron chi connectivity index (χ3n) is 3.25. The van der Waals surface area contributed by atoms with E-state index in [1.807, 2.05) is 11.8 Å². The number of hydrogen-bond acceptors (Lipinski definition) is 3. The summed E-state index contributed by atoms with van der Waals surface area (Å²) in [5.74, 6) is 0.848. The monoisotopic (exact) mass is 288 g/mol. The second kappa shape index (κ2) is 6.24. The first-order valence-corrected chi connectivity index (χ1v) is 7.55. The third-order valence-corrected chi connectivity index (χ3v) is 4.63. The molecule has 2 N–H and O–H groups in total. The Morgan fingerprint density at radius 1 is 1.61 bits per heavy atom. The van der Waals surface area contributed by atoms with E-state index in [9.17, 15) is 4.39 Å². The van der Waals surface area contributed by atoms with Gasteiger partial charge in [-0.05, 0) is 18.2 Å². The fourth-order valence-corrected chi connectivity index (χ4v) is 3.59.